The minimum absolute atomic E-state index is 0.107. The molecular formula is C17H22N4O3. The number of carbonyl (C=O) groups excluding carboxylic acids is 1. The van der Waals surface area contributed by atoms with Crippen molar-refractivity contribution < 1.29 is 14.3 Å². The highest BCUT2D eigenvalue weighted by Gasteiger charge is 2.20. The summed E-state index contributed by atoms with van der Waals surface area (Å²) in [6, 6.07) is 7.52. The highest BCUT2D eigenvalue weighted by Crippen LogP contribution is 2.17. The molecule has 1 aromatic heterocycles. The van der Waals surface area contributed by atoms with E-state index in [1.807, 2.05) is 38.1 Å². The molecule has 0 saturated carbocycles. The fourth-order valence-electron chi connectivity index (χ4n) is 2.73. The lowest BCUT2D eigenvalue weighted by atomic mass is 10.2. The van der Waals surface area contributed by atoms with Crippen LogP contribution in [-0.2, 0) is 4.74 Å². The number of nitrogens with zero attached hydrogens (tertiary/aromatic N) is 3. The summed E-state index contributed by atoms with van der Waals surface area (Å²) in [5, 5.41) is 11.0. The first-order valence-electron chi connectivity index (χ1n) is 8.24. The topological polar surface area (TPSA) is 78.3 Å². The van der Waals surface area contributed by atoms with Crippen LogP contribution in [0.15, 0.2) is 24.3 Å². The number of hydrogen-bond donors (Lipinski definition) is 1. The lowest BCUT2D eigenvalue weighted by Gasteiger charge is -2.10. The first kappa shape index (κ1) is 16.4. The molecule has 1 atom stereocenters. The predicted octanol–water partition coefficient (Wildman–Crippen LogP) is 1.88. The fourth-order valence-corrected chi connectivity index (χ4v) is 2.73. The van der Waals surface area contributed by atoms with Gasteiger partial charge in [0.25, 0.3) is 5.91 Å². The van der Waals surface area contributed by atoms with Gasteiger partial charge in [-0.05, 0) is 51.0 Å². The van der Waals surface area contributed by atoms with Gasteiger partial charge in [0.15, 0.2) is 5.69 Å². The molecule has 0 radical (unpaired) electrons. The Morgan fingerprint density at radius 1 is 1.42 bits per heavy atom. The summed E-state index contributed by atoms with van der Waals surface area (Å²) in [6.07, 6.45) is 2.14. The van der Waals surface area contributed by atoms with E-state index < -0.39 is 0 Å². The summed E-state index contributed by atoms with van der Waals surface area (Å²) in [6.45, 7) is 5.67. The minimum Gasteiger partial charge on any atom is -0.494 e. The molecule has 1 aliphatic heterocycles. The van der Waals surface area contributed by atoms with Crippen LogP contribution in [0, 0.1) is 6.92 Å². The summed E-state index contributed by atoms with van der Waals surface area (Å²) < 4.78 is 12.6. The molecule has 0 unspecified atom stereocenters. The van der Waals surface area contributed by atoms with Crippen LogP contribution < -0.4 is 10.1 Å². The van der Waals surface area contributed by atoms with Crippen molar-refractivity contribution in [3.63, 3.8) is 0 Å². The maximum absolute atomic E-state index is 12.3. The third-order valence-electron chi connectivity index (χ3n) is 4.02. The number of rotatable bonds is 6. The third kappa shape index (κ3) is 3.56. The largest absolute Gasteiger partial charge is 0.494 e. The first-order chi connectivity index (χ1) is 11.7. The fraction of sp³-hybridized carbons (Fsp3) is 0.471. The van der Waals surface area contributed by atoms with Crippen molar-refractivity contribution in [1.82, 2.24) is 20.3 Å². The van der Waals surface area contributed by atoms with Gasteiger partial charge < -0.3 is 14.8 Å². The van der Waals surface area contributed by atoms with E-state index in [9.17, 15) is 4.79 Å². The van der Waals surface area contributed by atoms with E-state index in [0.717, 1.165) is 30.9 Å². The second kappa shape index (κ2) is 7.44. The monoisotopic (exact) mass is 330 g/mol. The Morgan fingerprint density at radius 2 is 2.21 bits per heavy atom. The highest BCUT2D eigenvalue weighted by molar-refractivity contribution is 5.93. The van der Waals surface area contributed by atoms with Crippen LogP contribution in [0.3, 0.4) is 0 Å². The molecule has 0 aliphatic carbocycles. The zero-order valence-corrected chi connectivity index (χ0v) is 14.0. The first-order valence-corrected chi connectivity index (χ1v) is 8.24. The smallest absolute Gasteiger partial charge is 0.273 e. The molecule has 24 heavy (non-hydrogen) atoms. The molecule has 1 N–H and O–H groups in total. The van der Waals surface area contributed by atoms with Gasteiger partial charge in [-0.1, -0.05) is 5.21 Å². The molecule has 7 heteroatoms. The molecule has 2 aromatic rings. The molecule has 3 rings (SSSR count). The summed E-state index contributed by atoms with van der Waals surface area (Å²) in [5.41, 5.74) is 1.87. The molecule has 1 aliphatic rings. The van der Waals surface area contributed by atoms with E-state index >= 15 is 0 Å². The second-order valence-corrected chi connectivity index (χ2v) is 5.71. The molecule has 0 bridgehead atoms. The Morgan fingerprint density at radius 3 is 2.88 bits per heavy atom. The van der Waals surface area contributed by atoms with Crippen molar-refractivity contribution in [3.8, 4) is 11.4 Å². The van der Waals surface area contributed by atoms with Crippen molar-refractivity contribution in [1.29, 1.82) is 0 Å². The average Bonchev–Trinajstić information content (AvgIpc) is 3.23. The number of hydrogen-bond acceptors (Lipinski definition) is 5. The lowest BCUT2D eigenvalue weighted by molar-refractivity contribution is 0.0853. The Labute approximate surface area is 141 Å². The second-order valence-electron chi connectivity index (χ2n) is 5.71. The van der Waals surface area contributed by atoms with Crippen LogP contribution in [0.5, 0.6) is 5.75 Å². The standard InChI is InChI=1S/C17H22N4O3/c1-3-23-14-8-6-13(7-9-14)21-12(2)16(19-20-21)17(22)18-11-15-5-4-10-24-15/h6-9,15H,3-5,10-11H2,1-2H3,(H,18,22)/t15-/m0/s1. The van der Waals surface area contributed by atoms with Crippen molar-refractivity contribution in [2.75, 3.05) is 19.8 Å². The minimum atomic E-state index is -0.222. The zero-order chi connectivity index (χ0) is 16.9. The Hall–Kier alpha value is -2.41. The third-order valence-corrected chi connectivity index (χ3v) is 4.02. The Kier molecular flexibility index (Phi) is 5.10. The molecule has 1 fully saturated rings. The van der Waals surface area contributed by atoms with Gasteiger partial charge >= 0.3 is 0 Å². The average molecular weight is 330 g/mol. The van der Waals surface area contributed by atoms with Gasteiger partial charge in [0.05, 0.1) is 24.1 Å². The number of nitrogens with one attached hydrogen (secondary N) is 1. The van der Waals surface area contributed by atoms with Crippen molar-refractivity contribution in [2.24, 2.45) is 0 Å². The molecular weight excluding hydrogens is 308 g/mol. The summed E-state index contributed by atoms with van der Waals surface area (Å²) in [5.74, 6) is 0.578. The predicted molar refractivity (Wildman–Crippen MR) is 88.6 cm³/mol. The van der Waals surface area contributed by atoms with Gasteiger partial charge in [-0.3, -0.25) is 4.79 Å². The van der Waals surface area contributed by atoms with Gasteiger partial charge in [-0.15, -0.1) is 5.10 Å². The number of amides is 1. The van der Waals surface area contributed by atoms with E-state index in [4.69, 9.17) is 9.47 Å². The molecule has 7 nitrogen and oxygen atoms in total. The van der Waals surface area contributed by atoms with Crippen molar-refractivity contribution in [3.05, 3.63) is 35.7 Å². The molecule has 2 heterocycles. The van der Waals surface area contributed by atoms with Crippen LogP contribution >= 0.6 is 0 Å². The number of ether oxygens (including phenoxy) is 2. The summed E-state index contributed by atoms with van der Waals surface area (Å²) in [7, 11) is 0. The van der Waals surface area contributed by atoms with Crippen molar-refractivity contribution >= 4 is 5.91 Å². The van der Waals surface area contributed by atoms with Crippen LogP contribution in [0.25, 0.3) is 5.69 Å². The summed E-state index contributed by atoms with van der Waals surface area (Å²) >= 11 is 0. The maximum Gasteiger partial charge on any atom is 0.273 e. The van der Waals surface area contributed by atoms with Gasteiger partial charge in [-0.25, -0.2) is 4.68 Å². The van der Waals surface area contributed by atoms with Gasteiger partial charge in [0, 0.05) is 13.2 Å². The Balaban J connectivity index is 1.69. The number of benzene rings is 1. The van der Waals surface area contributed by atoms with Gasteiger partial charge in [0.2, 0.25) is 0 Å². The van der Waals surface area contributed by atoms with Crippen LogP contribution in [0.1, 0.15) is 35.9 Å². The molecule has 0 spiro atoms. The van der Waals surface area contributed by atoms with Gasteiger partial charge in [-0.2, -0.15) is 0 Å². The molecule has 1 saturated heterocycles. The quantitative estimate of drug-likeness (QED) is 0.875. The number of carbonyl (C=O) groups is 1. The van der Waals surface area contributed by atoms with E-state index in [1.54, 1.807) is 4.68 Å². The summed E-state index contributed by atoms with van der Waals surface area (Å²) in [4.78, 5) is 12.3. The van der Waals surface area contributed by atoms with E-state index in [1.165, 1.54) is 0 Å². The zero-order valence-electron chi connectivity index (χ0n) is 14.0. The SMILES string of the molecule is CCOc1ccc(-n2nnc(C(=O)NC[C@@H]3CCCO3)c2C)cc1. The molecule has 128 valence electrons. The van der Waals surface area contributed by atoms with E-state index in [-0.39, 0.29) is 12.0 Å². The number of aromatic nitrogens is 3. The van der Waals surface area contributed by atoms with E-state index in [0.29, 0.717) is 24.5 Å². The van der Waals surface area contributed by atoms with Crippen molar-refractivity contribution in [2.45, 2.75) is 32.8 Å². The van der Waals surface area contributed by atoms with Crippen LogP contribution in [-0.4, -0.2) is 46.8 Å². The molecule has 1 aromatic carbocycles. The maximum atomic E-state index is 12.3. The molecule has 1 amide bonds. The van der Waals surface area contributed by atoms with E-state index in [2.05, 4.69) is 15.6 Å². The lowest BCUT2D eigenvalue weighted by Crippen LogP contribution is -2.32. The van der Waals surface area contributed by atoms with Gasteiger partial charge in [0.1, 0.15) is 5.75 Å². The normalized spacial score (nSPS) is 17.0. The van der Waals surface area contributed by atoms with Crippen LogP contribution in [0.2, 0.25) is 0 Å². The highest BCUT2D eigenvalue weighted by atomic mass is 16.5. The van der Waals surface area contributed by atoms with Crippen LogP contribution in [0.4, 0.5) is 0 Å². The Bertz CT molecular complexity index is 690.